The van der Waals surface area contributed by atoms with E-state index in [0.29, 0.717) is 5.13 Å². The summed E-state index contributed by atoms with van der Waals surface area (Å²) in [4.78, 5) is 27.7. The monoisotopic (exact) mass is 363 g/mol. The van der Waals surface area contributed by atoms with E-state index in [1.54, 1.807) is 0 Å². The average molecular weight is 363 g/mol. The molecule has 2 amide bonds. The zero-order valence-corrected chi connectivity index (χ0v) is 15.1. The standard InChI is InChI=1S/C20H17N3O2S/c1-2-16-21-22-19(26-16)23-17(24)13-20(18(23)25,14-9-5-3-6-10-14)15-11-7-4-8-12-15/h3-12H,2,13H2,1H3. The number of carbonyl (C=O) groups excluding carboxylic acids is 2. The van der Waals surface area contributed by atoms with Gasteiger partial charge in [-0.25, -0.2) is 4.90 Å². The summed E-state index contributed by atoms with van der Waals surface area (Å²) >= 11 is 1.29. The molecule has 0 aliphatic carbocycles. The molecule has 1 aliphatic rings. The van der Waals surface area contributed by atoms with Crippen molar-refractivity contribution in [1.29, 1.82) is 0 Å². The molecule has 1 saturated heterocycles. The second-order valence-corrected chi connectivity index (χ2v) is 7.22. The molecule has 6 heteroatoms. The summed E-state index contributed by atoms with van der Waals surface area (Å²) in [5, 5.41) is 9.29. The van der Waals surface area contributed by atoms with Gasteiger partial charge in [-0.2, -0.15) is 0 Å². The molecule has 0 bridgehead atoms. The molecule has 1 fully saturated rings. The van der Waals surface area contributed by atoms with Gasteiger partial charge in [0, 0.05) is 0 Å². The van der Waals surface area contributed by atoms with Gasteiger partial charge in [-0.15, -0.1) is 10.2 Å². The quantitative estimate of drug-likeness (QED) is 0.667. The molecular formula is C20H17N3O2S. The fourth-order valence-electron chi connectivity index (χ4n) is 3.42. The van der Waals surface area contributed by atoms with E-state index in [2.05, 4.69) is 10.2 Å². The lowest BCUT2D eigenvalue weighted by atomic mass is 9.73. The van der Waals surface area contributed by atoms with Gasteiger partial charge in [0.2, 0.25) is 11.0 Å². The second-order valence-electron chi connectivity index (χ2n) is 6.18. The highest BCUT2D eigenvalue weighted by Gasteiger charge is 2.55. The molecule has 2 heterocycles. The van der Waals surface area contributed by atoms with Gasteiger partial charge in [0.1, 0.15) is 10.4 Å². The smallest absolute Gasteiger partial charge is 0.251 e. The lowest BCUT2D eigenvalue weighted by Crippen LogP contribution is -2.39. The summed E-state index contributed by atoms with van der Waals surface area (Å²) in [6.45, 7) is 1.97. The molecule has 0 spiro atoms. The van der Waals surface area contributed by atoms with E-state index < -0.39 is 5.41 Å². The first-order valence-electron chi connectivity index (χ1n) is 8.47. The summed E-state index contributed by atoms with van der Waals surface area (Å²) in [5.41, 5.74) is 0.594. The predicted molar refractivity (Wildman–Crippen MR) is 100 cm³/mol. The van der Waals surface area contributed by atoms with Crippen LogP contribution in [-0.2, 0) is 21.4 Å². The van der Waals surface area contributed by atoms with Crippen LogP contribution < -0.4 is 4.90 Å². The summed E-state index contributed by atoms with van der Waals surface area (Å²) in [5.74, 6) is -0.514. The SMILES string of the molecule is CCc1nnc(N2C(=O)CC(c3ccccc3)(c3ccccc3)C2=O)s1. The molecule has 0 saturated carbocycles. The molecular weight excluding hydrogens is 346 g/mol. The van der Waals surface area contributed by atoms with Crippen LogP contribution in [0.2, 0.25) is 0 Å². The van der Waals surface area contributed by atoms with Crippen molar-refractivity contribution >= 4 is 28.3 Å². The van der Waals surface area contributed by atoms with Gasteiger partial charge in [-0.05, 0) is 17.5 Å². The van der Waals surface area contributed by atoms with E-state index in [0.717, 1.165) is 22.6 Å². The van der Waals surface area contributed by atoms with E-state index in [-0.39, 0.29) is 18.2 Å². The third kappa shape index (κ3) is 2.45. The van der Waals surface area contributed by atoms with Crippen LogP contribution in [0.15, 0.2) is 60.7 Å². The van der Waals surface area contributed by atoms with Crippen LogP contribution in [-0.4, -0.2) is 22.0 Å². The molecule has 0 unspecified atom stereocenters. The van der Waals surface area contributed by atoms with Crippen LogP contribution in [0, 0.1) is 0 Å². The summed E-state index contributed by atoms with van der Waals surface area (Å²) in [6.07, 6.45) is 0.803. The topological polar surface area (TPSA) is 63.2 Å². The third-order valence-corrected chi connectivity index (χ3v) is 5.77. The van der Waals surface area contributed by atoms with Crippen molar-refractivity contribution in [3.05, 3.63) is 76.8 Å². The van der Waals surface area contributed by atoms with Crippen molar-refractivity contribution in [3.8, 4) is 0 Å². The van der Waals surface area contributed by atoms with Gasteiger partial charge in [0.25, 0.3) is 5.91 Å². The second kappa shape index (κ2) is 6.46. The highest BCUT2D eigenvalue weighted by Crippen LogP contribution is 2.44. The van der Waals surface area contributed by atoms with Crippen LogP contribution in [0.5, 0.6) is 0 Å². The van der Waals surface area contributed by atoms with Crippen LogP contribution in [0.25, 0.3) is 0 Å². The van der Waals surface area contributed by atoms with Crippen molar-refractivity contribution < 1.29 is 9.59 Å². The predicted octanol–water partition coefficient (Wildman–Crippen LogP) is 3.35. The van der Waals surface area contributed by atoms with Gasteiger partial charge in [0.05, 0.1) is 6.42 Å². The van der Waals surface area contributed by atoms with Crippen molar-refractivity contribution in [3.63, 3.8) is 0 Å². The minimum Gasteiger partial charge on any atom is -0.274 e. The number of rotatable bonds is 4. The Labute approximate surface area is 155 Å². The Morgan fingerprint density at radius 3 is 2.04 bits per heavy atom. The maximum absolute atomic E-state index is 13.6. The van der Waals surface area contributed by atoms with E-state index in [1.807, 2.05) is 67.6 Å². The molecule has 130 valence electrons. The number of nitrogens with zero attached hydrogens (tertiary/aromatic N) is 3. The fourth-order valence-corrected chi connectivity index (χ4v) is 4.21. The minimum atomic E-state index is -1.03. The Bertz CT molecular complexity index is 914. The van der Waals surface area contributed by atoms with E-state index in [9.17, 15) is 9.59 Å². The number of carbonyl (C=O) groups is 2. The number of anilines is 1. The lowest BCUT2D eigenvalue weighted by molar-refractivity contribution is -0.122. The van der Waals surface area contributed by atoms with Gasteiger partial charge in [0.15, 0.2) is 0 Å². The van der Waals surface area contributed by atoms with Crippen LogP contribution in [0.4, 0.5) is 5.13 Å². The summed E-state index contributed by atoms with van der Waals surface area (Å²) in [7, 11) is 0. The molecule has 5 nitrogen and oxygen atoms in total. The number of hydrogen-bond donors (Lipinski definition) is 0. The number of imide groups is 1. The minimum absolute atomic E-state index is 0.0842. The van der Waals surface area contributed by atoms with Crippen molar-refractivity contribution in [2.75, 3.05) is 4.90 Å². The van der Waals surface area contributed by atoms with Crippen molar-refractivity contribution in [2.24, 2.45) is 0 Å². The number of hydrogen-bond acceptors (Lipinski definition) is 5. The molecule has 0 atom stereocenters. The maximum atomic E-state index is 13.6. The molecule has 0 N–H and O–H groups in total. The Balaban J connectivity index is 1.88. The first kappa shape index (κ1) is 16.6. The molecule has 2 aromatic carbocycles. The highest BCUT2D eigenvalue weighted by atomic mass is 32.1. The molecule has 1 aliphatic heterocycles. The Kier molecular flexibility index (Phi) is 4.12. The summed E-state index contributed by atoms with van der Waals surface area (Å²) in [6, 6.07) is 19.0. The van der Waals surface area contributed by atoms with Crippen molar-refractivity contribution in [2.45, 2.75) is 25.2 Å². The Morgan fingerprint density at radius 2 is 1.54 bits per heavy atom. The van der Waals surface area contributed by atoms with Crippen LogP contribution in [0.3, 0.4) is 0 Å². The average Bonchev–Trinajstić information content (AvgIpc) is 3.25. The largest absolute Gasteiger partial charge is 0.274 e. The number of benzene rings is 2. The first-order valence-corrected chi connectivity index (χ1v) is 9.29. The lowest BCUT2D eigenvalue weighted by Gasteiger charge is -2.27. The number of amides is 2. The van der Waals surface area contributed by atoms with E-state index in [4.69, 9.17) is 0 Å². The van der Waals surface area contributed by atoms with Gasteiger partial charge in [-0.1, -0.05) is 78.9 Å². The zero-order valence-electron chi connectivity index (χ0n) is 14.3. The number of aryl methyl sites for hydroxylation is 1. The molecule has 1 aromatic heterocycles. The maximum Gasteiger partial charge on any atom is 0.251 e. The zero-order chi connectivity index (χ0) is 18.1. The van der Waals surface area contributed by atoms with Crippen LogP contribution >= 0.6 is 11.3 Å². The molecule has 26 heavy (non-hydrogen) atoms. The van der Waals surface area contributed by atoms with E-state index >= 15 is 0 Å². The normalized spacial score (nSPS) is 16.3. The molecule has 3 aromatic rings. The Morgan fingerprint density at radius 1 is 0.962 bits per heavy atom. The summed E-state index contributed by atoms with van der Waals surface area (Å²) < 4.78 is 0. The Hall–Kier alpha value is -2.86. The molecule has 0 radical (unpaired) electrons. The highest BCUT2D eigenvalue weighted by molar-refractivity contribution is 7.15. The van der Waals surface area contributed by atoms with Crippen LogP contribution in [0.1, 0.15) is 29.5 Å². The van der Waals surface area contributed by atoms with Gasteiger partial charge >= 0.3 is 0 Å². The molecule has 4 rings (SSSR count). The number of aromatic nitrogens is 2. The van der Waals surface area contributed by atoms with Gasteiger partial charge < -0.3 is 0 Å². The third-order valence-electron chi connectivity index (χ3n) is 4.72. The van der Waals surface area contributed by atoms with Gasteiger partial charge in [-0.3, -0.25) is 9.59 Å². The first-order chi connectivity index (χ1) is 12.7. The van der Waals surface area contributed by atoms with Crippen molar-refractivity contribution in [1.82, 2.24) is 10.2 Å². The van der Waals surface area contributed by atoms with E-state index in [1.165, 1.54) is 16.2 Å². The fraction of sp³-hybridized carbons (Fsp3) is 0.200.